The van der Waals surface area contributed by atoms with Crippen LogP contribution < -0.4 is 10.6 Å². The lowest BCUT2D eigenvalue weighted by Crippen LogP contribution is -2.27. The molecule has 1 unspecified atom stereocenters. The van der Waals surface area contributed by atoms with Gasteiger partial charge in [0.2, 0.25) is 0 Å². The summed E-state index contributed by atoms with van der Waals surface area (Å²) in [6, 6.07) is 0.766. The lowest BCUT2D eigenvalue weighted by atomic mass is 10.0. The number of nitrogens with one attached hydrogen (secondary N) is 2. The Bertz CT molecular complexity index is 644. The summed E-state index contributed by atoms with van der Waals surface area (Å²) in [5.74, 6) is 0. The van der Waals surface area contributed by atoms with Crippen molar-refractivity contribution in [1.82, 2.24) is 10.6 Å². The average molecular weight is 848 g/mol. The van der Waals surface area contributed by atoms with Crippen LogP contribution in [0, 0.1) is 0 Å². The highest BCUT2D eigenvalue weighted by atomic mass is 14.9. The van der Waals surface area contributed by atoms with Gasteiger partial charge in [-0.15, -0.1) is 0 Å². The Kier molecular flexibility index (Phi) is 63.0. The van der Waals surface area contributed by atoms with Crippen molar-refractivity contribution in [2.75, 3.05) is 19.6 Å². The third kappa shape index (κ3) is 60.0. The van der Waals surface area contributed by atoms with Gasteiger partial charge in [0.1, 0.15) is 0 Å². The van der Waals surface area contributed by atoms with Crippen LogP contribution in [0.15, 0.2) is 0 Å². The van der Waals surface area contributed by atoms with Crippen molar-refractivity contribution in [3.8, 4) is 0 Å². The Morgan fingerprint density at radius 2 is 0.433 bits per heavy atom. The molecular formula is C58H122N2. The lowest BCUT2D eigenvalue weighted by molar-refractivity contribution is 0.450. The van der Waals surface area contributed by atoms with E-state index in [0.29, 0.717) is 0 Å². The van der Waals surface area contributed by atoms with Gasteiger partial charge in [-0.25, -0.2) is 0 Å². The van der Waals surface area contributed by atoms with Crippen LogP contribution in [0.25, 0.3) is 0 Å². The molecule has 0 aromatic rings. The van der Waals surface area contributed by atoms with Crippen molar-refractivity contribution in [3.63, 3.8) is 0 Å². The van der Waals surface area contributed by atoms with Gasteiger partial charge in [-0.3, -0.25) is 0 Å². The molecule has 2 heteroatoms. The fraction of sp³-hybridized carbons (Fsp3) is 1.00. The summed E-state index contributed by atoms with van der Waals surface area (Å²) in [5.41, 5.74) is 0. The second kappa shape index (κ2) is 61.0. The van der Waals surface area contributed by atoms with Gasteiger partial charge >= 0.3 is 0 Å². The summed E-state index contributed by atoms with van der Waals surface area (Å²) < 4.78 is 0. The lowest BCUT2D eigenvalue weighted by Gasteiger charge is -2.15. The minimum Gasteiger partial charge on any atom is -0.317 e. The van der Waals surface area contributed by atoms with E-state index >= 15 is 0 Å². The Labute approximate surface area is 384 Å². The highest BCUT2D eigenvalue weighted by Crippen LogP contribution is 2.17. The first kappa shape index (κ1) is 62.0. The largest absolute Gasteiger partial charge is 0.317 e. The molecule has 0 amide bonds. The van der Waals surface area contributed by atoms with Gasteiger partial charge in [-0.1, -0.05) is 324 Å². The zero-order chi connectivity index (χ0) is 43.8. The Hall–Kier alpha value is -0.0800. The molecule has 0 saturated heterocycles. The summed E-state index contributed by atoms with van der Waals surface area (Å²) in [7, 11) is 0. The van der Waals surface area contributed by atoms with Crippen molar-refractivity contribution in [2.24, 2.45) is 0 Å². The van der Waals surface area contributed by atoms with E-state index < -0.39 is 0 Å². The predicted octanol–water partition coefficient (Wildman–Crippen LogP) is 20.7. The van der Waals surface area contributed by atoms with Gasteiger partial charge < -0.3 is 10.6 Å². The third-order valence-corrected chi connectivity index (χ3v) is 13.6. The zero-order valence-electron chi connectivity index (χ0n) is 43.3. The number of hydrogen-bond acceptors (Lipinski definition) is 2. The molecule has 0 saturated carbocycles. The van der Waals surface area contributed by atoms with Crippen molar-refractivity contribution >= 4 is 0 Å². The van der Waals surface area contributed by atoms with Crippen LogP contribution in [0.2, 0.25) is 0 Å². The standard InChI is InChI=1S/C36H75N.C22H47N/c1-3-5-7-9-11-13-15-17-19-21-23-25-27-29-31-33-35-37-36-34-32-30-28-26-24-22-20-18-16-14-12-10-8-6-4-2;1-4-7-8-9-10-11-12-13-14-15-16-17-18-19-20-21-22(5-2)23-6-3/h37H,3-36H2,1-2H3;22-23H,4-21H2,1-3H3. The Morgan fingerprint density at radius 1 is 0.233 bits per heavy atom. The fourth-order valence-corrected chi connectivity index (χ4v) is 9.22. The molecule has 0 radical (unpaired) electrons. The van der Waals surface area contributed by atoms with Gasteiger partial charge in [0.25, 0.3) is 0 Å². The smallest absolute Gasteiger partial charge is 0.00643 e. The van der Waals surface area contributed by atoms with E-state index in [2.05, 4.69) is 45.3 Å². The molecule has 0 rings (SSSR count). The molecule has 1 atom stereocenters. The first-order valence-corrected chi connectivity index (χ1v) is 29.2. The summed E-state index contributed by atoms with van der Waals surface area (Å²) in [5, 5.41) is 7.27. The van der Waals surface area contributed by atoms with Crippen molar-refractivity contribution in [2.45, 2.75) is 355 Å². The molecular weight excluding hydrogens is 725 g/mol. The van der Waals surface area contributed by atoms with Gasteiger partial charge in [0.05, 0.1) is 0 Å². The van der Waals surface area contributed by atoms with E-state index in [4.69, 9.17) is 0 Å². The highest BCUT2D eigenvalue weighted by Gasteiger charge is 2.03. The van der Waals surface area contributed by atoms with Crippen LogP contribution in [0.3, 0.4) is 0 Å². The van der Waals surface area contributed by atoms with E-state index in [0.717, 1.165) is 12.6 Å². The minimum atomic E-state index is 0.766. The number of rotatable bonds is 53. The van der Waals surface area contributed by atoms with Gasteiger partial charge in [-0.05, 0) is 45.3 Å². The van der Waals surface area contributed by atoms with Gasteiger partial charge in [0, 0.05) is 6.04 Å². The number of unbranched alkanes of at least 4 members (excludes halogenated alkanes) is 44. The topological polar surface area (TPSA) is 24.1 Å². The second-order valence-corrected chi connectivity index (χ2v) is 19.8. The third-order valence-electron chi connectivity index (χ3n) is 13.6. The summed E-state index contributed by atoms with van der Waals surface area (Å²) in [4.78, 5) is 0. The molecule has 0 aliphatic heterocycles. The van der Waals surface area contributed by atoms with E-state index in [1.165, 1.54) is 328 Å². The maximum atomic E-state index is 3.68. The number of hydrogen-bond donors (Lipinski definition) is 2. The molecule has 60 heavy (non-hydrogen) atoms. The molecule has 0 aromatic carbocycles. The molecule has 2 N–H and O–H groups in total. The van der Waals surface area contributed by atoms with Crippen molar-refractivity contribution in [1.29, 1.82) is 0 Å². The Balaban J connectivity index is 0. The molecule has 2 nitrogen and oxygen atoms in total. The van der Waals surface area contributed by atoms with E-state index in [1.54, 1.807) is 0 Å². The van der Waals surface area contributed by atoms with Crippen molar-refractivity contribution in [3.05, 3.63) is 0 Å². The Morgan fingerprint density at radius 3 is 0.633 bits per heavy atom. The monoisotopic (exact) mass is 847 g/mol. The maximum Gasteiger partial charge on any atom is 0.00643 e. The molecule has 0 spiro atoms. The van der Waals surface area contributed by atoms with Crippen LogP contribution >= 0.6 is 0 Å². The SMILES string of the molecule is CCCCCCCCCCCCCCCCCC(CC)NCC.CCCCCCCCCCCCCCCCCCNCCCCCCCCCCCCCCCCCC. The highest BCUT2D eigenvalue weighted by molar-refractivity contribution is 4.63. The van der Waals surface area contributed by atoms with E-state index in [-0.39, 0.29) is 0 Å². The fourth-order valence-electron chi connectivity index (χ4n) is 9.22. The molecule has 0 aliphatic carbocycles. The molecule has 0 bridgehead atoms. The first-order valence-electron chi connectivity index (χ1n) is 29.2. The summed E-state index contributed by atoms with van der Waals surface area (Å²) >= 11 is 0. The van der Waals surface area contributed by atoms with E-state index in [9.17, 15) is 0 Å². The quantitative estimate of drug-likeness (QED) is 0.0596. The molecule has 0 heterocycles. The van der Waals surface area contributed by atoms with Crippen LogP contribution in [0.4, 0.5) is 0 Å². The van der Waals surface area contributed by atoms with Gasteiger partial charge in [0.15, 0.2) is 0 Å². The summed E-state index contributed by atoms with van der Waals surface area (Å²) in [6.07, 6.45) is 71.3. The average Bonchev–Trinajstić information content (AvgIpc) is 3.26. The second-order valence-electron chi connectivity index (χ2n) is 19.8. The van der Waals surface area contributed by atoms with Crippen LogP contribution in [0.5, 0.6) is 0 Å². The van der Waals surface area contributed by atoms with Crippen LogP contribution in [-0.4, -0.2) is 25.7 Å². The summed E-state index contributed by atoms with van der Waals surface area (Å²) in [6.45, 7) is 15.0. The van der Waals surface area contributed by atoms with Crippen LogP contribution in [-0.2, 0) is 0 Å². The molecule has 0 aliphatic rings. The molecule has 0 aromatic heterocycles. The van der Waals surface area contributed by atoms with E-state index in [1.807, 2.05) is 0 Å². The zero-order valence-corrected chi connectivity index (χ0v) is 43.3. The maximum absolute atomic E-state index is 3.68. The predicted molar refractivity (Wildman–Crippen MR) is 279 cm³/mol. The van der Waals surface area contributed by atoms with Crippen molar-refractivity contribution < 1.29 is 0 Å². The molecule has 364 valence electrons. The van der Waals surface area contributed by atoms with Gasteiger partial charge in [-0.2, -0.15) is 0 Å². The molecule has 0 fully saturated rings. The van der Waals surface area contributed by atoms with Crippen LogP contribution in [0.1, 0.15) is 349 Å². The minimum absolute atomic E-state index is 0.766. The normalized spacial score (nSPS) is 11.9. The first-order chi connectivity index (χ1) is 29.8.